The van der Waals surface area contributed by atoms with Gasteiger partial charge in [-0.25, -0.2) is 9.59 Å². The summed E-state index contributed by atoms with van der Waals surface area (Å²) in [5.74, 6) is -1.47. The van der Waals surface area contributed by atoms with E-state index in [0.717, 1.165) is 25.7 Å². The third-order valence-corrected chi connectivity index (χ3v) is 3.55. The van der Waals surface area contributed by atoms with Gasteiger partial charge in [0.15, 0.2) is 0 Å². The monoisotopic (exact) mass is 224 g/mol. The van der Waals surface area contributed by atoms with Gasteiger partial charge < -0.3 is 9.84 Å². The summed E-state index contributed by atoms with van der Waals surface area (Å²) in [6.07, 6.45) is 5.33. The van der Waals surface area contributed by atoms with E-state index >= 15 is 0 Å². The number of carbonyl (C=O) groups excluding carboxylic acids is 1. The first-order valence-corrected chi connectivity index (χ1v) is 5.75. The molecule has 0 atom stereocenters. The molecule has 1 heterocycles. The van der Waals surface area contributed by atoms with Gasteiger partial charge in [-0.1, -0.05) is 12.8 Å². The van der Waals surface area contributed by atoms with Gasteiger partial charge in [0.25, 0.3) is 0 Å². The molecule has 0 saturated heterocycles. The van der Waals surface area contributed by atoms with Gasteiger partial charge >= 0.3 is 11.9 Å². The number of carboxylic acid groups (broad SMARTS) is 1. The quantitative estimate of drug-likeness (QED) is 0.692. The van der Waals surface area contributed by atoms with Crippen LogP contribution in [0.1, 0.15) is 45.4 Å². The summed E-state index contributed by atoms with van der Waals surface area (Å²) < 4.78 is 5.36. The number of esters is 1. The molecular weight excluding hydrogens is 208 g/mol. The highest BCUT2D eigenvalue weighted by Crippen LogP contribution is 2.42. The average molecular weight is 224 g/mol. The summed E-state index contributed by atoms with van der Waals surface area (Å²) in [5.41, 5.74) is -0.363. The van der Waals surface area contributed by atoms with E-state index in [4.69, 9.17) is 4.74 Å². The van der Waals surface area contributed by atoms with Crippen molar-refractivity contribution in [3.8, 4) is 0 Å². The van der Waals surface area contributed by atoms with Crippen molar-refractivity contribution in [2.45, 2.75) is 51.0 Å². The molecular formula is C12H16O4. The molecule has 1 fully saturated rings. The molecule has 88 valence electrons. The van der Waals surface area contributed by atoms with E-state index in [2.05, 4.69) is 0 Å². The van der Waals surface area contributed by atoms with Gasteiger partial charge in [0, 0.05) is 5.57 Å². The summed E-state index contributed by atoms with van der Waals surface area (Å²) in [6, 6.07) is 0. The predicted molar refractivity (Wildman–Crippen MR) is 56.9 cm³/mol. The van der Waals surface area contributed by atoms with Crippen LogP contribution in [0.25, 0.3) is 0 Å². The number of rotatable bonds is 1. The highest BCUT2D eigenvalue weighted by atomic mass is 16.6. The summed E-state index contributed by atoms with van der Waals surface area (Å²) in [6.45, 7) is 1.55. The van der Waals surface area contributed by atoms with E-state index in [0.29, 0.717) is 12.8 Å². The van der Waals surface area contributed by atoms with Crippen molar-refractivity contribution >= 4 is 11.9 Å². The molecule has 0 radical (unpaired) electrons. The number of hydrogen-bond acceptors (Lipinski definition) is 3. The van der Waals surface area contributed by atoms with Crippen LogP contribution >= 0.6 is 0 Å². The molecule has 2 aliphatic rings. The molecule has 0 amide bonds. The summed E-state index contributed by atoms with van der Waals surface area (Å²) >= 11 is 0. The normalized spacial score (nSPS) is 24.4. The van der Waals surface area contributed by atoms with Gasteiger partial charge in [0.1, 0.15) is 5.60 Å². The molecule has 0 unspecified atom stereocenters. The fourth-order valence-electron chi connectivity index (χ4n) is 2.76. The molecule has 0 aromatic heterocycles. The lowest BCUT2D eigenvalue weighted by Crippen LogP contribution is -2.34. The standard InChI is InChI=1S/C12H16O4/c1-8-9(10(13)14)12(16-11(8)15)6-4-2-3-5-7-12/h2-7H2,1H3,(H,13,14). The molecule has 0 bridgehead atoms. The van der Waals surface area contributed by atoms with Crippen LogP contribution in [0.4, 0.5) is 0 Å². The SMILES string of the molecule is CC1=C(C(=O)O)C2(CCCCCC2)OC1=O. The second kappa shape index (κ2) is 3.92. The van der Waals surface area contributed by atoms with Crippen LogP contribution in [0.5, 0.6) is 0 Å². The van der Waals surface area contributed by atoms with E-state index in [9.17, 15) is 14.7 Å². The number of carboxylic acids is 1. The van der Waals surface area contributed by atoms with E-state index in [-0.39, 0.29) is 11.1 Å². The maximum Gasteiger partial charge on any atom is 0.336 e. The zero-order valence-electron chi connectivity index (χ0n) is 9.41. The molecule has 0 aromatic carbocycles. The lowest BCUT2D eigenvalue weighted by Gasteiger charge is -2.27. The maximum atomic E-state index is 11.5. The van der Waals surface area contributed by atoms with E-state index in [1.54, 1.807) is 6.92 Å². The second-order valence-electron chi connectivity index (χ2n) is 4.60. The van der Waals surface area contributed by atoms with E-state index < -0.39 is 17.5 Å². The molecule has 16 heavy (non-hydrogen) atoms. The van der Waals surface area contributed by atoms with Crippen LogP contribution < -0.4 is 0 Å². The number of ether oxygens (including phenoxy) is 1. The molecule has 1 spiro atoms. The van der Waals surface area contributed by atoms with Gasteiger partial charge in [-0.05, 0) is 32.6 Å². The first-order valence-electron chi connectivity index (χ1n) is 5.75. The lowest BCUT2D eigenvalue weighted by molar-refractivity contribution is -0.149. The Morgan fingerprint density at radius 1 is 1.25 bits per heavy atom. The largest absolute Gasteiger partial charge is 0.478 e. The molecule has 1 N–H and O–H groups in total. The van der Waals surface area contributed by atoms with Crippen molar-refractivity contribution in [1.29, 1.82) is 0 Å². The molecule has 1 saturated carbocycles. The molecule has 0 aromatic rings. The Morgan fingerprint density at radius 3 is 2.31 bits per heavy atom. The topological polar surface area (TPSA) is 63.6 Å². The van der Waals surface area contributed by atoms with Crippen LogP contribution in [0.2, 0.25) is 0 Å². The van der Waals surface area contributed by atoms with Crippen LogP contribution in [0.3, 0.4) is 0 Å². The van der Waals surface area contributed by atoms with Crippen molar-refractivity contribution < 1.29 is 19.4 Å². The number of hydrogen-bond donors (Lipinski definition) is 1. The minimum atomic E-state index is -1.01. The van der Waals surface area contributed by atoms with Gasteiger partial charge in [0.2, 0.25) is 0 Å². The Bertz CT molecular complexity index is 359. The summed E-state index contributed by atoms with van der Waals surface area (Å²) in [4.78, 5) is 22.8. The number of carbonyl (C=O) groups is 2. The third-order valence-electron chi connectivity index (χ3n) is 3.55. The van der Waals surface area contributed by atoms with Crippen LogP contribution in [0.15, 0.2) is 11.1 Å². The summed E-state index contributed by atoms with van der Waals surface area (Å²) in [7, 11) is 0. The first-order chi connectivity index (χ1) is 7.57. The van der Waals surface area contributed by atoms with Crippen LogP contribution in [-0.2, 0) is 14.3 Å². The van der Waals surface area contributed by atoms with E-state index in [1.807, 2.05) is 0 Å². The minimum Gasteiger partial charge on any atom is -0.478 e. The van der Waals surface area contributed by atoms with Crippen LogP contribution in [-0.4, -0.2) is 22.6 Å². The Labute approximate surface area is 94.3 Å². The minimum absolute atomic E-state index is 0.194. The van der Waals surface area contributed by atoms with Crippen LogP contribution in [0, 0.1) is 0 Å². The highest BCUT2D eigenvalue weighted by Gasteiger charge is 2.49. The molecule has 1 aliphatic carbocycles. The fraction of sp³-hybridized carbons (Fsp3) is 0.667. The summed E-state index contributed by atoms with van der Waals surface area (Å²) in [5, 5.41) is 9.22. The van der Waals surface area contributed by atoms with Gasteiger partial charge in [0.05, 0.1) is 5.57 Å². The average Bonchev–Trinajstić information content (AvgIpc) is 2.40. The zero-order chi connectivity index (χ0) is 11.8. The Morgan fingerprint density at radius 2 is 1.81 bits per heavy atom. The molecule has 2 rings (SSSR count). The van der Waals surface area contributed by atoms with Gasteiger partial charge in [-0.3, -0.25) is 0 Å². The maximum absolute atomic E-state index is 11.5. The highest BCUT2D eigenvalue weighted by molar-refractivity contribution is 6.04. The van der Waals surface area contributed by atoms with Gasteiger partial charge in [-0.15, -0.1) is 0 Å². The molecule has 1 aliphatic heterocycles. The Kier molecular flexibility index (Phi) is 2.74. The Hall–Kier alpha value is -1.32. The predicted octanol–water partition coefficient (Wildman–Crippen LogP) is 2.04. The van der Waals surface area contributed by atoms with E-state index in [1.165, 1.54) is 0 Å². The van der Waals surface area contributed by atoms with Crippen molar-refractivity contribution in [2.24, 2.45) is 0 Å². The molecule has 4 nitrogen and oxygen atoms in total. The molecule has 4 heteroatoms. The van der Waals surface area contributed by atoms with Crippen molar-refractivity contribution in [2.75, 3.05) is 0 Å². The second-order valence-corrected chi connectivity index (χ2v) is 4.60. The van der Waals surface area contributed by atoms with Crippen molar-refractivity contribution in [3.63, 3.8) is 0 Å². The van der Waals surface area contributed by atoms with Gasteiger partial charge in [-0.2, -0.15) is 0 Å². The Balaban J connectivity index is 2.40. The van der Waals surface area contributed by atoms with Crippen molar-refractivity contribution in [1.82, 2.24) is 0 Å². The zero-order valence-corrected chi connectivity index (χ0v) is 9.41. The third kappa shape index (κ3) is 1.62. The number of aliphatic carboxylic acids is 1. The lowest BCUT2D eigenvalue weighted by atomic mass is 9.85. The fourth-order valence-corrected chi connectivity index (χ4v) is 2.76. The first kappa shape index (κ1) is 11.2. The smallest absolute Gasteiger partial charge is 0.336 e. The van der Waals surface area contributed by atoms with Crippen molar-refractivity contribution in [3.05, 3.63) is 11.1 Å².